The van der Waals surface area contributed by atoms with Crippen LogP contribution in [0.1, 0.15) is 13.8 Å². The molecule has 0 aliphatic carbocycles. The van der Waals surface area contributed by atoms with Gasteiger partial charge in [-0.05, 0) is 28.4 Å². The van der Waals surface area contributed by atoms with Crippen LogP contribution in [0.2, 0.25) is 0 Å². The van der Waals surface area contributed by atoms with E-state index in [9.17, 15) is 4.57 Å². The minimum absolute atomic E-state index is 0.435. The molecule has 0 aliphatic rings. The first kappa shape index (κ1) is 11.4. The predicted molar refractivity (Wildman–Crippen MR) is 49.2 cm³/mol. The predicted octanol–water partition coefficient (Wildman–Crippen LogP) is 3.80. The summed E-state index contributed by atoms with van der Waals surface area (Å²) in [6.45, 7) is 4.59. The highest BCUT2D eigenvalue weighted by atomic mass is 35.9. The second-order valence-electron chi connectivity index (χ2n) is 2.51. The first-order chi connectivity index (χ1) is 4.92. The van der Waals surface area contributed by atoms with E-state index >= 15 is 0 Å². The first-order valence-corrected chi connectivity index (χ1v) is 6.79. The Morgan fingerprint density at radius 3 is 2.45 bits per heavy atom. The maximum absolute atomic E-state index is 10.6. The molecule has 0 aromatic heterocycles. The number of ether oxygens (including phenoxy) is 1. The number of halogens is 2. The Morgan fingerprint density at radius 2 is 2.09 bits per heavy atom. The fraction of sp³-hybridized carbons (Fsp3) is 0.667. The molecule has 0 heterocycles. The number of hydrogen-bond acceptors (Lipinski definition) is 2. The molecule has 5 heteroatoms. The van der Waals surface area contributed by atoms with Crippen molar-refractivity contribution in [2.45, 2.75) is 13.8 Å². The molecule has 0 saturated carbocycles. The summed E-state index contributed by atoms with van der Waals surface area (Å²) in [5, 5.41) is 0. The van der Waals surface area contributed by atoms with Crippen molar-refractivity contribution in [2.24, 2.45) is 5.92 Å². The molecule has 0 saturated heterocycles. The van der Waals surface area contributed by atoms with Crippen LogP contribution >= 0.6 is 28.3 Å². The van der Waals surface area contributed by atoms with Crippen LogP contribution in [-0.4, -0.2) is 6.61 Å². The Hall–Kier alpha value is 0.350. The van der Waals surface area contributed by atoms with Gasteiger partial charge in [0, 0.05) is 5.82 Å². The highest BCUT2D eigenvalue weighted by molar-refractivity contribution is 8.10. The molecule has 0 spiro atoms. The monoisotopic (exact) mass is 216 g/mol. The maximum Gasteiger partial charge on any atom is 0.277 e. The van der Waals surface area contributed by atoms with Gasteiger partial charge < -0.3 is 4.74 Å². The van der Waals surface area contributed by atoms with Gasteiger partial charge in [-0.25, -0.2) is 0 Å². The SMILES string of the molecule is CC(C)COC=CP(=O)(Cl)Cl. The minimum atomic E-state index is -3.09. The van der Waals surface area contributed by atoms with Gasteiger partial charge in [0.05, 0.1) is 12.9 Å². The van der Waals surface area contributed by atoms with E-state index in [-0.39, 0.29) is 0 Å². The third-order valence-corrected chi connectivity index (χ3v) is 1.91. The molecule has 0 radical (unpaired) electrons. The quantitative estimate of drug-likeness (QED) is 0.528. The van der Waals surface area contributed by atoms with E-state index in [0.29, 0.717) is 12.5 Å². The zero-order valence-corrected chi connectivity index (χ0v) is 8.87. The Morgan fingerprint density at radius 1 is 1.55 bits per heavy atom. The fourth-order valence-electron chi connectivity index (χ4n) is 0.362. The van der Waals surface area contributed by atoms with Crippen molar-refractivity contribution >= 4 is 28.3 Å². The summed E-state index contributed by atoms with van der Waals surface area (Å²) in [5.41, 5.74) is 0. The lowest BCUT2D eigenvalue weighted by atomic mass is 10.2. The van der Waals surface area contributed by atoms with Crippen LogP contribution in [0.3, 0.4) is 0 Å². The molecule has 0 atom stereocenters. The number of rotatable bonds is 4. The van der Waals surface area contributed by atoms with E-state index in [2.05, 4.69) is 0 Å². The minimum Gasteiger partial charge on any atom is -0.501 e. The first-order valence-electron chi connectivity index (χ1n) is 3.20. The second kappa shape index (κ2) is 5.08. The molecule has 0 aliphatic heterocycles. The molecule has 0 N–H and O–H groups in total. The van der Waals surface area contributed by atoms with Gasteiger partial charge in [-0.2, -0.15) is 0 Å². The van der Waals surface area contributed by atoms with Crippen molar-refractivity contribution in [2.75, 3.05) is 6.61 Å². The summed E-state index contributed by atoms with van der Waals surface area (Å²) in [6, 6.07) is 0. The van der Waals surface area contributed by atoms with Crippen LogP contribution < -0.4 is 0 Å². The van der Waals surface area contributed by atoms with Gasteiger partial charge in [0.15, 0.2) is 0 Å². The maximum atomic E-state index is 10.6. The molecule has 66 valence electrons. The summed E-state index contributed by atoms with van der Waals surface area (Å²) in [5.74, 6) is -1.49. The summed E-state index contributed by atoms with van der Waals surface area (Å²) in [7, 11) is 0. The van der Waals surface area contributed by atoms with Crippen LogP contribution in [0.25, 0.3) is 0 Å². The van der Waals surface area contributed by atoms with Gasteiger partial charge in [-0.15, -0.1) is 0 Å². The Balaban J connectivity index is 3.54. The highest BCUT2D eigenvalue weighted by Gasteiger charge is 2.06. The molecule has 0 amide bonds. The molecule has 11 heavy (non-hydrogen) atoms. The third-order valence-electron chi connectivity index (χ3n) is 0.760. The van der Waals surface area contributed by atoms with Crippen LogP contribution in [0.4, 0.5) is 0 Å². The smallest absolute Gasteiger partial charge is 0.277 e. The average molecular weight is 217 g/mol. The van der Waals surface area contributed by atoms with Gasteiger partial charge in [0.1, 0.15) is 0 Å². The molecule has 0 fully saturated rings. The molecular weight excluding hydrogens is 206 g/mol. The topological polar surface area (TPSA) is 26.3 Å². The van der Waals surface area contributed by atoms with E-state index < -0.39 is 5.85 Å². The van der Waals surface area contributed by atoms with Gasteiger partial charge >= 0.3 is 0 Å². The zero-order chi connectivity index (χ0) is 8.91. The fourth-order valence-corrected chi connectivity index (χ4v) is 0.866. The molecule has 0 rings (SSSR count). The van der Waals surface area contributed by atoms with Crippen molar-refractivity contribution in [3.8, 4) is 0 Å². The normalized spacial score (nSPS) is 12.8. The van der Waals surface area contributed by atoms with E-state index in [1.165, 1.54) is 12.1 Å². The Kier molecular flexibility index (Phi) is 5.24. The second-order valence-corrected chi connectivity index (χ2v) is 7.35. The van der Waals surface area contributed by atoms with Crippen molar-refractivity contribution in [3.63, 3.8) is 0 Å². The van der Waals surface area contributed by atoms with Crippen LogP contribution in [0, 0.1) is 5.92 Å². The highest BCUT2D eigenvalue weighted by Crippen LogP contribution is 2.57. The average Bonchev–Trinajstić information content (AvgIpc) is 1.78. The molecule has 0 bridgehead atoms. The Labute approximate surface area is 76.5 Å². The van der Waals surface area contributed by atoms with Crippen LogP contribution in [0.15, 0.2) is 12.1 Å². The lowest BCUT2D eigenvalue weighted by Gasteiger charge is -2.02. The van der Waals surface area contributed by atoms with E-state index in [1.54, 1.807) is 0 Å². The summed E-state index contributed by atoms with van der Waals surface area (Å²) in [6.07, 6.45) is 1.28. The van der Waals surface area contributed by atoms with Gasteiger partial charge in [-0.3, -0.25) is 4.57 Å². The van der Waals surface area contributed by atoms with E-state index in [4.69, 9.17) is 27.2 Å². The lowest BCUT2D eigenvalue weighted by molar-refractivity contribution is 0.212. The van der Waals surface area contributed by atoms with Crippen molar-refractivity contribution in [3.05, 3.63) is 12.1 Å². The Bertz CT molecular complexity index is 173. The largest absolute Gasteiger partial charge is 0.501 e. The summed E-state index contributed by atoms with van der Waals surface area (Å²) < 4.78 is 15.6. The van der Waals surface area contributed by atoms with Crippen molar-refractivity contribution in [1.29, 1.82) is 0 Å². The molecule has 0 unspecified atom stereocenters. The van der Waals surface area contributed by atoms with E-state index in [1.807, 2.05) is 13.8 Å². The van der Waals surface area contributed by atoms with Crippen LogP contribution in [-0.2, 0) is 9.30 Å². The number of hydrogen-bond donors (Lipinski definition) is 0. The van der Waals surface area contributed by atoms with Gasteiger partial charge in [0.25, 0.3) is 5.85 Å². The van der Waals surface area contributed by atoms with E-state index in [0.717, 1.165) is 0 Å². The van der Waals surface area contributed by atoms with Gasteiger partial charge in [0.2, 0.25) is 0 Å². The zero-order valence-electron chi connectivity index (χ0n) is 6.46. The molecule has 0 aromatic carbocycles. The van der Waals surface area contributed by atoms with Crippen molar-refractivity contribution < 1.29 is 9.30 Å². The standard InChI is InChI=1S/C6H11Cl2O2P/c1-6(2)5-10-3-4-11(7,8)9/h3-4,6H,5H2,1-2H3. The van der Waals surface area contributed by atoms with Gasteiger partial charge in [-0.1, -0.05) is 13.8 Å². The summed E-state index contributed by atoms with van der Waals surface area (Å²) in [4.78, 5) is 0. The molecule has 0 aromatic rings. The summed E-state index contributed by atoms with van der Waals surface area (Å²) >= 11 is 10.4. The lowest BCUT2D eigenvalue weighted by Crippen LogP contribution is -1.95. The molecular formula is C6H11Cl2O2P. The third kappa shape index (κ3) is 10.4. The van der Waals surface area contributed by atoms with Crippen LogP contribution in [0.5, 0.6) is 0 Å². The molecule has 2 nitrogen and oxygen atoms in total. The van der Waals surface area contributed by atoms with Crippen molar-refractivity contribution in [1.82, 2.24) is 0 Å².